The van der Waals surface area contributed by atoms with Crippen LogP contribution in [0.5, 0.6) is 0 Å². The SMILES string of the molecule is C/C=C/C(=O)NCCCCN1CCN(C(c2ccccc2)c2ccccc2)CC1. The van der Waals surface area contributed by atoms with Crippen LogP contribution >= 0.6 is 0 Å². The molecule has 1 aliphatic rings. The number of hydrogen-bond acceptors (Lipinski definition) is 3. The Morgan fingerprint density at radius 1 is 0.931 bits per heavy atom. The molecule has 0 aromatic heterocycles. The number of carbonyl (C=O) groups is 1. The van der Waals surface area contributed by atoms with Gasteiger partial charge < -0.3 is 10.2 Å². The molecule has 0 bridgehead atoms. The van der Waals surface area contributed by atoms with Crippen LogP contribution in [0.2, 0.25) is 0 Å². The zero-order chi connectivity index (χ0) is 20.3. The van der Waals surface area contributed by atoms with E-state index in [0.717, 1.165) is 52.1 Å². The lowest BCUT2D eigenvalue weighted by atomic mass is 9.96. The highest BCUT2D eigenvalue weighted by Gasteiger charge is 2.25. The van der Waals surface area contributed by atoms with Crippen molar-refractivity contribution in [2.45, 2.75) is 25.8 Å². The fraction of sp³-hybridized carbons (Fsp3) is 0.400. The Kier molecular flexibility index (Phi) is 8.47. The summed E-state index contributed by atoms with van der Waals surface area (Å²) >= 11 is 0. The van der Waals surface area contributed by atoms with Crippen molar-refractivity contribution >= 4 is 5.91 Å². The lowest BCUT2D eigenvalue weighted by molar-refractivity contribution is -0.116. The summed E-state index contributed by atoms with van der Waals surface area (Å²) in [5, 5.41) is 2.93. The fourth-order valence-electron chi connectivity index (χ4n) is 4.01. The Labute approximate surface area is 175 Å². The number of piperazine rings is 1. The quantitative estimate of drug-likeness (QED) is 0.521. The van der Waals surface area contributed by atoms with E-state index < -0.39 is 0 Å². The topological polar surface area (TPSA) is 35.6 Å². The second kappa shape index (κ2) is 11.5. The number of nitrogens with one attached hydrogen (secondary N) is 1. The van der Waals surface area contributed by atoms with Gasteiger partial charge in [0.2, 0.25) is 5.91 Å². The number of nitrogens with zero attached hydrogens (tertiary/aromatic N) is 2. The maximum Gasteiger partial charge on any atom is 0.243 e. The van der Waals surface area contributed by atoms with Gasteiger partial charge in [0, 0.05) is 32.7 Å². The highest BCUT2D eigenvalue weighted by molar-refractivity contribution is 5.87. The average Bonchev–Trinajstić information content (AvgIpc) is 2.76. The molecule has 1 N–H and O–H groups in total. The van der Waals surface area contributed by atoms with Gasteiger partial charge in [-0.05, 0) is 43.5 Å². The van der Waals surface area contributed by atoms with E-state index in [1.54, 1.807) is 12.2 Å². The van der Waals surface area contributed by atoms with Gasteiger partial charge in [0.25, 0.3) is 0 Å². The van der Waals surface area contributed by atoms with Gasteiger partial charge in [0.15, 0.2) is 0 Å². The zero-order valence-electron chi connectivity index (χ0n) is 17.5. The predicted molar refractivity (Wildman–Crippen MR) is 120 cm³/mol. The Morgan fingerprint density at radius 2 is 1.52 bits per heavy atom. The Bertz CT molecular complexity index is 713. The highest BCUT2D eigenvalue weighted by Crippen LogP contribution is 2.29. The van der Waals surface area contributed by atoms with Gasteiger partial charge in [-0.25, -0.2) is 0 Å². The molecule has 0 aliphatic carbocycles. The third-order valence-corrected chi connectivity index (χ3v) is 5.52. The number of unbranched alkanes of at least 4 members (excludes halogenated alkanes) is 1. The number of hydrogen-bond donors (Lipinski definition) is 1. The molecule has 1 aliphatic heterocycles. The van der Waals surface area contributed by atoms with Crippen molar-refractivity contribution in [3.63, 3.8) is 0 Å². The van der Waals surface area contributed by atoms with Gasteiger partial charge >= 0.3 is 0 Å². The first-order valence-electron chi connectivity index (χ1n) is 10.7. The maximum atomic E-state index is 11.4. The summed E-state index contributed by atoms with van der Waals surface area (Å²) in [5.74, 6) is 0.00831. The maximum absolute atomic E-state index is 11.4. The number of benzene rings is 2. The van der Waals surface area contributed by atoms with Crippen molar-refractivity contribution in [1.82, 2.24) is 15.1 Å². The summed E-state index contributed by atoms with van der Waals surface area (Å²) in [6.07, 6.45) is 5.50. The van der Waals surface area contributed by atoms with Crippen molar-refractivity contribution < 1.29 is 4.79 Å². The first kappa shape index (κ1) is 21.3. The second-order valence-electron chi connectivity index (χ2n) is 7.60. The molecule has 2 aromatic rings. The van der Waals surface area contributed by atoms with Crippen LogP contribution in [-0.4, -0.2) is 55.0 Å². The summed E-state index contributed by atoms with van der Waals surface area (Å²) in [7, 11) is 0. The van der Waals surface area contributed by atoms with Gasteiger partial charge in [0.1, 0.15) is 0 Å². The summed E-state index contributed by atoms with van der Waals surface area (Å²) in [6, 6.07) is 22.0. The van der Waals surface area contributed by atoms with Crippen LogP contribution in [0.3, 0.4) is 0 Å². The Hall–Kier alpha value is -2.43. The molecule has 1 fully saturated rings. The molecule has 0 radical (unpaired) electrons. The van der Waals surface area contributed by atoms with Crippen LogP contribution in [0, 0.1) is 0 Å². The Morgan fingerprint density at radius 3 is 2.07 bits per heavy atom. The molecule has 3 rings (SSSR count). The van der Waals surface area contributed by atoms with E-state index in [0.29, 0.717) is 6.04 Å². The molecule has 0 saturated carbocycles. The van der Waals surface area contributed by atoms with E-state index in [1.807, 2.05) is 6.92 Å². The molecule has 154 valence electrons. The molecule has 0 unspecified atom stereocenters. The van der Waals surface area contributed by atoms with E-state index in [2.05, 4.69) is 75.8 Å². The molecular formula is C25H33N3O. The second-order valence-corrected chi connectivity index (χ2v) is 7.60. The lowest BCUT2D eigenvalue weighted by Gasteiger charge is -2.39. The normalized spacial score (nSPS) is 15.8. The molecule has 0 spiro atoms. The van der Waals surface area contributed by atoms with Gasteiger partial charge in [0.05, 0.1) is 6.04 Å². The molecular weight excluding hydrogens is 358 g/mol. The number of amides is 1. The molecule has 1 heterocycles. The minimum absolute atomic E-state index is 0.00831. The van der Waals surface area contributed by atoms with Crippen LogP contribution in [0.4, 0.5) is 0 Å². The summed E-state index contributed by atoms with van der Waals surface area (Å²) in [6.45, 7) is 8.07. The minimum Gasteiger partial charge on any atom is -0.353 e. The average molecular weight is 392 g/mol. The largest absolute Gasteiger partial charge is 0.353 e. The zero-order valence-corrected chi connectivity index (χ0v) is 17.5. The van der Waals surface area contributed by atoms with Crippen LogP contribution in [0.1, 0.15) is 36.9 Å². The number of carbonyl (C=O) groups excluding carboxylic acids is 1. The van der Waals surface area contributed by atoms with Crippen LogP contribution in [-0.2, 0) is 4.79 Å². The van der Waals surface area contributed by atoms with E-state index >= 15 is 0 Å². The third kappa shape index (κ3) is 6.55. The van der Waals surface area contributed by atoms with Gasteiger partial charge in [-0.1, -0.05) is 66.7 Å². The monoisotopic (exact) mass is 391 g/mol. The summed E-state index contributed by atoms with van der Waals surface area (Å²) in [4.78, 5) is 16.6. The van der Waals surface area contributed by atoms with Crippen LogP contribution < -0.4 is 5.32 Å². The summed E-state index contributed by atoms with van der Waals surface area (Å²) in [5.41, 5.74) is 2.73. The fourth-order valence-corrected chi connectivity index (χ4v) is 4.01. The first-order chi connectivity index (χ1) is 14.3. The van der Waals surface area contributed by atoms with Crippen LogP contribution in [0.25, 0.3) is 0 Å². The smallest absolute Gasteiger partial charge is 0.243 e. The van der Waals surface area contributed by atoms with Gasteiger partial charge in [-0.15, -0.1) is 0 Å². The molecule has 2 aromatic carbocycles. The Balaban J connectivity index is 1.48. The molecule has 1 saturated heterocycles. The molecule has 0 atom stereocenters. The van der Waals surface area contributed by atoms with Gasteiger partial charge in [-0.3, -0.25) is 9.69 Å². The molecule has 29 heavy (non-hydrogen) atoms. The van der Waals surface area contributed by atoms with E-state index in [9.17, 15) is 4.79 Å². The predicted octanol–water partition coefficient (Wildman–Crippen LogP) is 3.87. The molecule has 1 amide bonds. The first-order valence-corrected chi connectivity index (χ1v) is 10.7. The number of allylic oxidation sites excluding steroid dienone is 1. The van der Waals surface area contributed by atoms with Crippen molar-refractivity contribution in [3.05, 3.63) is 83.9 Å². The van der Waals surface area contributed by atoms with E-state index in [1.165, 1.54) is 11.1 Å². The van der Waals surface area contributed by atoms with Crippen molar-refractivity contribution in [2.75, 3.05) is 39.3 Å². The third-order valence-electron chi connectivity index (χ3n) is 5.52. The lowest BCUT2D eigenvalue weighted by Crippen LogP contribution is -2.48. The van der Waals surface area contributed by atoms with Crippen molar-refractivity contribution in [2.24, 2.45) is 0 Å². The molecule has 4 heteroatoms. The van der Waals surface area contributed by atoms with Crippen molar-refractivity contribution in [3.8, 4) is 0 Å². The molecule has 4 nitrogen and oxygen atoms in total. The standard InChI is InChI=1S/C25H33N3O/c1-2-11-24(29)26-16-9-10-17-27-18-20-28(21-19-27)25(22-12-5-3-6-13-22)23-14-7-4-8-15-23/h2-8,11-15,25H,9-10,16-21H2,1H3,(H,26,29)/b11-2+. The van der Waals surface area contributed by atoms with E-state index in [-0.39, 0.29) is 5.91 Å². The highest BCUT2D eigenvalue weighted by atomic mass is 16.1. The minimum atomic E-state index is 0.00831. The van der Waals surface area contributed by atoms with E-state index in [4.69, 9.17) is 0 Å². The van der Waals surface area contributed by atoms with Crippen LogP contribution in [0.15, 0.2) is 72.8 Å². The van der Waals surface area contributed by atoms with Crippen molar-refractivity contribution in [1.29, 1.82) is 0 Å². The van der Waals surface area contributed by atoms with Gasteiger partial charge in [-0.2, -0.15) is 0 Å². The number of rotatable bonds is 9. The summed E-state index contributed by atoms with van der Waals surface area (Å²) < 4.78 is 0.